The van der Waals surface area contributed by atoms with Crippen molar-refractivity contribution in [1.82, 2.24) is 15.0 Å². The highest BCUT2D eigenvalue weighted by atomic mass is 32.2. The minimum absolute atomic E-state index is 0.362. The Labute approximate surface area is 64.8 Å². The van der Waals surface area contributed by atoms with Crippen LogP contribution in [0.4, 0.5) is 0 Å². The van der Waals surface area contributed by atoms with Crippen molar-refractivity contribution in [2.75, 3.05) is 6.26 Å². The van der Waals surface area contributed by atoms with Crippen LogP contribution in [0, 0.1) is 0 Å². The van der Waals surface area contributed by atoms with Crippen molar-refractivity contribution in [1.29, 1.82) is 0 Å². The lowest BCUT2D eigenvalue weighted by atomic mass is 10.4. The average molecular weight is 157 g/mol. The molecular weight excluding hydrogens is 146 g/mol. The molecule has 1 aromatic heterocycles. The molecule has 1 rings (SSSR count). The van der Waals surface area contributed by atoms with Gasteiger partial charge in [0.2, 0.25) is 0 Å². The molecule has 0 N–H and O–H groups in total. The second kappa shape index (κ2) is 3.05. The molecule has 0 aliphatic carbocycles. The maximum absolute atomic E-state index is 4.20. The molecule has 10 heavy (non-hydrogen) atoms. The molecule has 3 nitrogen and oxygen atoms in total. The molecule has 0 saturated heterocycles. The van der Waals surface area contributed by atoms with E-state index < -0.39 is 0 Å². The number of nitrogens with zero attached hydrogens (tertiary/aromatic N) is 3. The van der Waals surface area contributed by atoms with Gasteiger partial charge in [0, 0.05) is 0 Å². The fourth-order valence-corrected chi connectivity index (χ4v) is 0.921. The highest BCUT2D eigenvalue weighted by Crippen LogP contribution is 2.09. The number of aromatic nitrogens is 3. The van der Waals surface area contributed by atoms with Crippen molar-refractivity contribution in [3.8, 4) is 0 Å². The Hall–Kier alpha value is -0.510. The summed E-state index contributed by atoms with van der Waals surface area (Å²) >= 11 is 1.61. The molecule has 0 bridgehead atoms. The first-order valence-electron chi connectivity index (χ1n) is 3.20. The average Bonchev–Trinajstić information content (AvgIpc) is 2.34. The van der Waals surface area contributed by atoms with Crippen LogP contribution in [0.25, 0.3) is 0 Å². The van der Waals surface area contributed by atoms with E-state index in [1.807, 2.05) is 6.26 Å². The molecule has 0 radical (unpaired) electrons. The van der Waals surface area contributed by atoms with Gasteiger partial charge in [-0.25, -0.2) is 0 Å². The van der Waals surface area contributed by atoms with Crippen LogP contribution in [0.2, 0.25) is 0 Å². The first kappa shape index (κ1) is 7.60. The van der Waals surface area contributed by atoms with Gasteiger partial charge in [-0.3, -0.25) is 0 Å². The molecule has 4 heteroatoms. The van der Waals surface area contributed by atoms with Gasteiger partial charge in [0.05, 0.1) is 12.2 Å². The molecule has 0 aromatic carbocycles. The zero-order chi connectivity index (χ0) is 7.56. The van der Waals surface area contributed by atoms with E-state index in [0.717, 1.165) is 5.03 Å². The number of hydrogen-bond donors (Lipinski definition) is 0. The van der Waals surface area contributed by atoms with Crippen LogP contribution >= 0.6 is 11.8 Å². The third kappa shape index (κ3) is 1.50. The Balaban J connectivity index is 2.78. The van der Waals surface area contributed by atoms with Gasteiger partial charge in [-0.2, -0.15) is 9.90 Å². The van der Waals surface area contributed by atoms with E-state index in [-0.39, 0.29) is 0 Å². The summed E-state index contributed by atoms with van der Waals surface area (Å²) in [5, 5.41) is 9.25. The fourth-order valence-electron chi connectivity index (χ4n) is 0.603. The van der Waals surface area contributed by atoms with E-state index in [1.54, 1.807) is 22.8 Å². The van der Waals surface area contributed by atoms with Crippen LogP contribution in [-0.4, -0.2) is 21.2 Å². The van der Waals surface area contributed by atoms with Crippen molar-refractivity contribution in [2.24, 2.45) is 0 Å². The van der Waals surface area contributed by atoms with Gasteiger partial charge >= 0.3 is 0 Å². The van der Waals surface area contributed by atoms with Crippen molar-refractivity contribution in [3.63, 3.8) is 0 Å². The molecule has 0 amide bonds. The Morgan fingerprint density at radius 2 is 2.30 bits per heavy atom. The van der Waals surface area contributed by atoms with Crippen LogP contribution < -0.4 is 0 Å². The summed E-state index contributed by atoms with van der Waals surface area (Å²) in [6, 6.07) is 0.362. The highest BCUT2D eigenvalue weighted by molar-refractivity contribution is 7.98. The van der Waals surface area contributed by atoms with E-state index in [0.29, 0.717) is 6.04 Å². The zero-order valence-electron chi connectivity index (χ0n) is 6.40. The smallest absolute Gasteiger partial charge is 0.138 e. The minimum Gasteiger partial charge on any atom is -0.181 e. The molecule has 0 atom stereocenters. The quantitative estimate of drug-likeness (QED) is 0.611. The summed E-state index contributed by atoms with van der Waals surface area (Å²) in [6.07, 6.45) is 3.78. The molecule has 0 spiro atoms. The molecule has 0 unspecified atom stereocenters. The second-order valence-corrected chi connectivity index (χ2v) is 3.13. The third-order valence-electron chi connectivity index (χ3n) is 1.16. The monoisotopic (exact) mass is 157 g/mol. The molecule has 1 heterocycles. The van der Waals surface area contributed by atoms with E-state index in [9.17, 15) is 0 Å². The zero-order valence-corrected chi connectivity index (χ0v) is 7.22. The lowest BCUT2D eigenvalue weighted by Gasteiger charge is -2.00. The van der Waals surface area contributed by atoms with Crippen molar-refractivity contribution < 1.29 is 0 Å². The largest absolute Gasteiger partial charge is 0.181 e. The summed E-state index contributed by atoms with van der Waals surface area (Å²) in [5.74, 6) is 0. The molecular formula is C6H11N3S. The summed E-state index contributed by atoms with van der Waals surface area (Å²) in [6.45, 7) is 4.12. The summed E-state index contributed by atoms with van der Waals surface area (Å²) in [7, 11) is 0. The number of rotatable bonds is 2. The summed E-state index contributed by atoms with van der Waals surface area (Å²) in [5.41, 5.74) is 0. The first-order chi connectivity index (χ1) is 4.74. The maximum atomic E-state index is 4.20. The molecule has 0 fully saturated rings. The lowest BCUT2D eigenvalue weighted by Crippen LogP contribution is -2.04. The standard InChI is InChI=1S/C6H11N3S/c1-5(2)9-7-4-6(8-9)10-3/h4-5H,1-3H3. The second-order valence-electron chi connectivity index (χ2n) is 2.30. The predicted molar refractivity (Wildman–Crippen MR) is 42.2 cm³/mol. The van der Waals surface area contributed by atoms with E-state index in [4.69, 9.17) is 0 Å². The topological polar surface area (TPSA) is 30.7 Å². The Bertz CT molecular complexity index is 207. The van der Waals surface area contributed by atoms with Gasteiger partial charge in [-0.1, -0.05) is 0 Å². The summed E-state index contributed by atoms with van der Waals surface area (Å²) < 4.78 is 0. The molecule has 56 valence electrons. The predicted octanol–water partition coefficient (Wildman–Crippen LogP) is 1.58. The van der Waals surface area contributed by atoms with Crippen molar-refractivity contribution in [3.05, 3.63) is 6.20 Å². The van der Waals surface area contributed by atoms with Gasteiger partial charge in [-0.15, -0.1) is 16.9 Å². The maximum Gasteiger partial charge on any atom is 0.138 e. The van der Waals surface area contributed by atoms with Crippen molar-refractivity contribution in [2.45, 2.75) is 24.9 Å². The molecule has 0 aliphatic heterocycles. The number of hydrogen-bond acceptors (Lipinski definition) is 3. The van der Waals surface area contributed by atoms with Gasteiger partial charge in [0.15, 0.2) is 0 Å². The van der Waals surface area contributed by atoms with E-state index in [1.165, 1.54) is 0 Å². The summed E-state index contributed by atoms with van der Waals surface area (Å²) in [4.78, 5) is 1.71. The molecule has 0 saturated carbocycles. The van der Waals surface area contributed by atoms with E-state index in [2.05, 4.69) is 24.0 Å². The van der Waals surface area contributed by atoms with Crippen LogP contribution in [0.3, 0.4) is 0 Å². The van der Waals surface area contributed by atoms with E-state index >= 15 is 0 Å². The van der Waals surface area contributed by atoms with Crippen LogP contribution in [0.15, 0.2) is 11.2 Å². The Morgan fingerprint density at radius 3 is 2.60 bits per heavy atom. The van der Waals surface area contributed by atoms with Gasteiger partial charge < -0.3 is 0 Å². The Kier molecular flexibility index (Phi) is 2.32. The fraction of sp³-hybridized carbons (Fsp3) is 0.667. The number of thioether (sulfide) groups is 1. The van der Waals surface area contributed by atoms with Crippen molar-refractivity contribution >= 4 is 11.8 Å². The van der Waals surface area contributed by atoms with Gasteiger partial charge in [-0.05, 0) is 20.1 Å². The Morgan fingerprint density at radius 1 is 1.60 bits per heavy atom. The van der Waals surface area contributed by atoms with Gasteiger partial charge in [0.1, 0.15) is 5.03 Å². The highest BCUT2D eigenvalue weighted by Gasteiger charge is 2.00. The van der Waals surface area contributed by atoms with Crippen LogP contribution in [0.1, 0.15) is 19.9 Å². The van der Waals surface area contributed by atoms with Crippen LogP contribution in [0.5, 0.6) is 0 Å². The third-order valence-corrected chi connectivity index (χ3v) is 1.76. The SMILES string of the molecule is CSc1cnn(C(C)C)n1. The first-order valence-corrected chi connectivity index (χ1v) is 4.42. The normalized spacial score (nSPS) is 10.8. The molecule has 1 aromatic rings. The lowest BCUT2D eigenvalue weighted by molar-refractivity contribution is 0.460. The van der Waals surface area contributed by atoms with Gasteiger partial charge in [0.25, 0.3) is 0 Å². The molecule has 0 aliphatic rings. The minimum atomic E-state index is 0.362. The van der Waals surface area contributed by atoms with Crippen LogP contribution in [-0.2, 0) is 0 Å².